The van der Waals surface area contributed by atoms with Gasteiger partial charge in [0.25, 0.3) is 5.91 Å². The average molecular weight is 401 g/mol. The van der Waals surface area contributed by atoms with Crippen molar-refractivity contribution in [3.05, 3.63) is 71.4 Å². The smallest absolute Gasteiger partial charge is 0.323 e. The Morgan fingerprint density at radius 2 is 1.90 bits per heavy atom. The molecular weight excluding hydrogens is 378 g/mol. The highest BCUT2D eigenvalue weighted by Crippen LogP contribution is 2.24. The Bertz CT molecular complexity index is 1150. The van der Waals surface area contributed by atoms with Crippen molar-refractivity contribution >= 4 is 34.5 Å². The first-order chi connectivity index (χ1) is 14.4. The fraction of sp³-hybridized carbons (Fsp3) is 0.208. The van der Waals surface area contributed by atoms with E-state index in [4.69, 9.17) is 5.11 Å². The summed E-state index contributed by atoms with van der Waals surface area (Å²) in [6.45, 7) is 4.06. The van der Waals surface area contributed by atoms with Crippen LogP contribution in [0.25, 0.3) is 17.0 Å². The second-order valence-corrected chi connectivity index (χ2v) is 7.18. The Hall–Kier alpha value is -3.85. The summed E-state index contributed by atoms with van der Waals surface area (Å²) in [5.74, 6) is -1.04. The first-order valence-electron chi connectivity index (χ1n) is 9.75. The number of carboxylic acids is 1. The first-order valence-corrected chi connectivity index (χ1v) is 9.75. The van der Waals surface area contributed by atoms with Crippen molar-refractivity contribution in [1.29, 1.82) is 5.26 Å². The van der Waals surface area contributed by atoms with Crippen molar-refractivity contribution in [2.45, 2.75) is 32.7 Å². The Kier molecular flexibility index (Phi) is 6.33. The predicted octanol–water partition coefficient (Wildman–Crippen LogP) is 4.79. The molecular formula is C24H23N3O3. The molecule has 1 heterocycles. The van der Waals surface area contributed by atoms with Gasteiger partial charge >= 0.3 is 5.97 Å². The number of rotatable bonds is 7. The van der Waals surface area contributed by atoms with Gasteiger partial charge in [-0.05, 0) is 42.2 Å². The Morgan fingerprint density at radius 1 is 1.20 bits per heavy atom. The number of carboxylic acid groups (broad SMARTS) is 1. The monoisotopic (exact) mass is 401 g/mol. The molecule has 1 aromatic heterocycles. The van der Waals surface area contributed by atoms with Crippen LogP contribution >= 0.6 is 0 Å². The number of nitrogens with zero attached hydrogens (tertiary/aromatic N) is 2. The molecule has 0 saturated heterocycles. The number of para-hydroxylation sites is 1. The van der Waals surface area contributed by atoms with E-state index in [0.717, 1.165) is 17.3 Å². The summed E-state index contributed by atoms with van der Waals surface area (Å²) in [7, 11) is 0. The molecule has 0 aliphatic heterocycles. The molecule has 0 saturated carbocycles. The number of aliphatic carboxylic acids is 1. The Balaban J connectivity index is 1.88. The first kappa shape index (κ1) is 20.9. The molecule has 6 heteroatoms. The number of anilines is 1. The summed E-state index contributed by atoms with van der Waals surface area (Å²) in [4.78, 5) is 23.8. The lowest BCUT2D eigenvalue weighted by Crippen LogP contribution is -2.13. The van der Waals surface area contributed by atoms with E-state index < -0.39 is 11.9 Å². The van der Waals surface area contributed by atoms with Gasteiger partial charge in [-0.3, -0.25) is 9.59 Å². The molecule has 0 spiro atoms. The van der Waals surface area contributed by atoms with E-state index in [0.29, 0.717) is 17.2 Å². The minimum atomic E-state index is -0.967. The van der Waals surface area contributed by atoms with Crippen LogP contribution in [0, 0.1) is 11.3 Å². The highest BCUT2D eigenvalue weighted by Gasteiger charge is 2.14. The van der Waals surface area contributed by atoms with Crippen LogP contribution in [0.1, 0.15) is 37.3 Å². The zero-order valence-electron chi connectivity index (χ0n) is 16.9. The topological polar surface area (TPSA) is 95.1 Å². The van der Waals surface area contributed by atoms with Crippen LogP contribution in [-0.4, -0.2) is 21.6 Å². The number of hydrogen-bond donors (Lipinski definition) is 2. The largest absolute Gasteiger partial charge is 0.480 e. The number of amides is 1. The van der Waals surface area contributed by atoms with Gasteiger partial charge in [0, 0.05) is 28.4 Å². The summed E-state index contributed by atoms with van der Waals surface area (Å²) in [5.41, 5.74) is 3.09. The number of hydrogen-bond acceptors (Lipinski definition) is 3. The molecule has 30 heavy (non-hydrogen) atoms. The lowest BCUT2D eigenvalue weighted by Gasteiger charge is -2.10. The number of carbonyl (C=O) groups is 2. The molecule has 0 aliphatic carbocycles. The quantitative estimate of drug-likeness (QED) is 0.440. The third-order valence-electron chi connectivity index (χ3n) is 5.14. The number of nitriles is 1. The number of carbonyl (C=O) groups excluding carboxylic acids is 1. The molecule has 1 amide bonds. The number of benzene rings is 2. The van der Waals surface area contributed by atoms with Gasteiger partial charge < -0.3 is 15.0 Å². The third kappa shape index (κ3) is 4.58. The predicted molar refractivity (Wildman–Crippen MR) is 117 cm³/mol. The molecule has 1 unspecified atom stereocenters. The fourth-order valence-corrected chi connectivity index (χ4v) is 3.30. The molecule has 6 nitrogen and oxygen atoms in total. The Morgan fingerprint density at radius 3 is 2.53 bits per heavy atom. The van der Waals surface area contributed by atoms with E-state index in [1.807, 2.05) is 48.5 Å². The summed E-state index contributed by atoms with van der Waals surface area (Å²) in [6, 6.07) is 16.8. The van der Waals surface area contributed by atoms with E-state index in [9.17, 15) is 14.9 Å². The molecule has 0 fully saturated rings. The van der Waals surface area contributed by atoms with E-state index in [-0.39, 0.29) is 12.1 Å². The molecule has 2 N–H and O–H groups in total. The molecule has 3 aromatic rings. The number of fused-ring (bicyclic) bond motifs is 1. The summed E-state index contributed by atoms with van der Waals surface area (Å²) < 4.78 is 1.59. The van der Waals surface area contributed by atoms with Crippen molar-refractivity contribution in [2.75, 3.05) is 5.32 Å². The molecule has 3 rings (SSSR count). The molecule has 1 atom stereocenters. The van der Waals surface area contributed by atoms with Gasteiger partial charge in [0.1, 0.15) is 18.2 Å². The maximum absolute atomic E-state index is 12.6. The molecule has 2 aromatic carbocycles. The second kappa shape index (κ2) is 9.10. The van der Waals surface area contributed by atoms with Crippen LogP contribution in [0.5, 0.6) is 0 Å². The second-order valence-electron chi connectivity index (χ2n) is 7.18. The summed E-state index contributed by atoms with van der Waals surface area (Å²) >= 11 is 0. The van der Waals surface area contributed by atoms with Crippen LogP contribution < -0.4 is 5.32 Å². The van der Waals surface area contributed by atoms with Crippen molar-refractivity contribution in [3.8, 4) is 6.07 Å². The van der Waals surface area contributed by atoms with Gasteiger partial charge in [-0.1, -0.05) is 44.2 Å². The number of aromatic nitrogens is 1. The highest BCUT2D eigenvalue weighted by atomic mass is 16.4. The van der Waals surface area contributed by atoms with Crippen LogP contribution in [-0.2, 0) is 16.1 Å². The van der Waals surface area contributed by atoms with Gasteiger partial charge in [0.15, 0.2) is 0 Å². The minimum Gasteiger partial charge on any atom is -0.480 e. The van der Waals surface area contributed by atoms with Crippen molar-refractivity contribution in [2.24, 2.45) is 0 Å². The van der Waals surface area contributed by atoms with Crippen LogP contribution in [0.4, 0.5) is 5.69 Å². The molecule has 152 valence electrons. The maximum atomic E-state index is 12.6. The van der Waals surface area contributed by atoms with E-state index in [1.54, 1.807) is 16.8 Å². The van der Waals surface area contributed by atoms with E-state index in [2.05, 4.69) is 19.2 Å². The van der Waals surface area contributed by atoms with Crippen LogP contribution in [0.2, 0.25) is 0 Å². The molecule has 0 radical (unpaired) electrons. The van der Waals surface area contributed by atoms with Crippen molar-refractivity contribution < 1.29 is 14.7 Å². The van der Waals surface area contributed by atoms with E-state index in [1.165, 1.54) is 11.6 Å². The highest BCUT2D eigenvalue weighted by molar-refractivity contribution is 6.10. The fourth-order valence-electron chi connectivity index (χ4n) is 3.30. The summed E-state index contributed by atoms with van der Waals surface area (Å²) in [6.07, 6.45) is 4.16. The lowest BCUT2D eigenvalue weighted by atomic mass is 9.98. The van der Waals surface area contributed by atoms with Crippen LogP contribution in [0.15, 0.2) is 60.3 Å². The Labute approximate surface area is 175 Å². The SMILES string of the molecule is CCC(C)c1ccc(NC(=O)/C(C#N)=C/c2cn(CC(=O)O)c3ccccc23)cc1. The van der Waals surface area contributed by atoms with Gasteiger partial charge in [-0.15, -0.1) is 0 Å². The van der Waals surface area contributed by atoms with Gasteiger partial charge in [-0.2, -0.15) is 5.26 Å². The molecule has 0 aliphatic rings. The zero-order valence-corrected chi connectivity index (χ0v) is 16.9. The number of nitrogens with one attached hydrogen (secondary N) is 1. The third-order valence-corrected chi connectivity index (χ3v) is 5.14. The standard InChI is InChI=1S/C24H23N3O3/c1-3-16(2)17-8-10-20(11-9-17)26-24(30)18(13-25)12-19-14-27(15-23(28)29)22-7-5-4-6-21(19)22/h4-12,14,16H,3,15H2,1-2H3,(H,26,30)(H,28,29)/b18-12+. The van der Waals surface area contributed by atoms with E-state index >= 15 is 0 Å². The molecule has 0 bridgehead atoms. The van der Waals surface area contributed by atoms with Gasteiger partial charge in [0.2, 0.25) is 0 Å². The van der Waals surface area contributed by atoms with Crippen molar-refractivity contribution in [1.82, 2.24) is 4.57 Å². The maximum Gasteiger partial charge on any atom is 0.323 e. The average Bonchev–Trinajstić information content (AvgIpc) is 3.08. The normalized spacial score (nSPS) is 12.4. The zero-order chi connectivity index (χ0) is 21.7. The van der Waals surface area contributed by atoms with Crippen LogP contribution in [0.3, 0.4) is 0 Å². The van der Waals surface area contributed by atoms with Gasteiger partial charge in [0.05, 0.1) is 0 Å². The lowest BCUT2D eigenvalue weighted by molar-refractivity contribution is -0.137. The van der Waals surface area contributed by atoms with Gasteiger partial charge in [-0.25, -0.2) is 0 Å². The minimum absolute atomic E-state index is 0.0563. The van der Waals surface area contributed by atoms with Crippen molar-refractivity contribution in [3.63, 3.8) is 0 Å². The summed E-state index contributed by atoms with van der Waals surface area (Å²) in [5, 5.41) is 22.2.